The predicted octanol–water partition coefficient (Wildman–Crippen LogP) is 4.54. The van der Waals surface area contributed by atoms with E-state index in [0.29, 0.717) is 0 Å². The second kappa shape index (κ2) is 8.96. The van der Waals surface area contributed by atoms with E-state index in [1.807, 2.05) is 19.9 Å². The van der Waals surface area contributed by atoms with Crippen LogP contribution >= 0.6 is 0 Å². The van der Waals surface area contributed by atoms with Gasteiger partial charge < -0.3 is 14.5 Å². The van der Waals surface area contributed by atoms with Crippen molar-refractivity contribution in [1.82, 2.24) is 24.4 Å². The van der Waals surface area contributed by atoms with Crippen LogP contribution in [0.2, 0.25) is 0 Å². The van der Waals surface area contributed by atoms with Gasteiger partial charge in [-0.15, -0.1) is 0 Å². The van der Waals surface area contributed by atoms with Crippen LogP contribution in [0, 0.1) is 11.3 Å². The first kappa shape index (κ1) is 25.2. The first-order chi connectivity index (χ1) is 16.8. The minimum Gasteiger partial charge on any atom is -0.444 e. The number of amides is 1. The molecular formula is C24H26F3N7O2. The minimum atomic E-state index is -4.69. The van der Waals surface area contributed by atoms with E-state index in [1.165, 1.54) is 29.2 Å². The molecule has 3 aromatic rings. The molecule has 9 nitrogen and oxygen atoms in total. The second-order valence-electron chi connectivity index (χ2n) is 9.80. The maximum absolute atomic E-state index is 14.2. The molecule has 0 saturated carbocycles. The Balaban J connectivity index is 1.79. The highest BCUT2D eigenvalue weighted by atomic mass is 19.4. The smallest absolute Gasteiger partial charge is 0.418 e. The Labute approximate surface area is 206 Å². The molecule has 190 valence electrons. The molecule has 0 aromatic carbocycles. The first-order valence-corrected chi connectivity index (χ1v) is 11.4. The molecule has 4 heterocycles. The van der Waals surface area contributed by atoms with E-state index in [-0.39, 0.29) is 53.4 Å². The number of nitrogens with zero attached hydrogens (tertiary/aromatic N) is 7. The minimum absolute atomic E-state index is 0.0179. The standard InChI is InChI=1S/C24H26F3N7O2/c1-14-11-33(22(35)36-23(3,4)5)15(2)10-32(14)20-19-17(24(25,26)27)12-34(21(19)31-13-30-20)18-8-16(9-28)6-7-29-18/h6-8,12-15H,10-11H2,1-5H3/t14-,15+/m1/s1. The molecule has 1 aliphatic rings. The number of alkyl halides is 3. The molecule has 0 aliphatic carbocycles. The topological polar surface area (TPSA) is 100 Å². The van der Waals surface area contributed by atoms with Crippen molar-refractivity contribution < 1.29 is 22.7 Å². The molecule has 12 heteroatoms. The van der Waals surface area contributed by atoms with Gasteiger partial charge in [0.05, 0.1) is 22.6 Å². The lowest BCUT2D eigenvalue weighted by Crippen LogP contribution is -2.59. The van der Waals surface area contributed by atoms with Crippen LogP contribution in [-0.4, -0.2) is 61.3 Å². The van der Waals surface area contributed by atoms with Crippen molar-refractivity contribution in [2.45, 2.75) is 58.5 Å². The number of carbonyl (C=O) groups is 1. The summed E-state index contributed by atoms with van der Waals surface area (Å²) in [6.07, 6.45) is -1.67. The summed E-state index contributed by atoms with van der Waals surface area (Å²) in [5.74, 6) is 0.251. The Hall–Kier alpha value is -3.88. The number of hydrogen-bond acceptors (Lipinski definition) is 7. The molecule has 3 aromatic heterocycles. The van der Waals surface area contributed by atoms with Crippen molar-refractivity contribution in [3.8, 4) is 11.9 Å². The number of ether oxygens (including phenoxy) is 1. The number of fused-ring (bicyclic) bond motifs is 1. The average molecular weight is 502 g/mol. The highest BCUT2D eigenvalue weighted by Gasteiger charge is 2.40. The van der Waals surface area contributed by atoms with Gasteiger partial charge in [0.15, 0.2) is 5.65 Å². The molecule has 1 aliphatic heterocycles. The van der Waals surface area contributed by atoms with Crippen molar-refractivity contribution in [3.63, 3.8) is 0 Å². The lowest BCUT2D eigenvalue weighted by molar-refractivity contribution is -0.136. The van der Waals surface area contributed by atoms with Crippen LogP contribution in [0.4, 0.5) is 23.8 Å². The van der Waals surface area contributed by atoms with Gasteiger partial charge in [-0.3, -0.25) is 4.57 Å². The van der Waals surface area contributed by atoms with Crippen molar-refractivity contribution in [2.24, 2.45) is 0 Å². The SMILES string of the molecule is C[C@@H]1CN(C(=O)OC(C)(C)C)[C@@H](C)CN1c1ncnc2c1c(C(F)(F)F)cn2-c1cc(C#N)ccn1. The Morgan fingerprint density at radius 1 is 1.14 bits per heavy atom. The van der Waals surface area contributed by atoms with Crippen molar-refractivity contribution in [1.29, 1.82) is 5.26 Å². The van der Waals surface area contributed by atoms with Gasteiger partial charge in [0.25, 0.3) is 0 Å². The van der Waals surface area contributed by atoms with Gasteiger partial charge in [0, 0.05) is 37.6 Å². The molecule has 36 heavy (non-hydrogen) atoms. The van der Waals surface area contributed by atoms with Crippen LogP contribution in [-0.2, 0) is 10.9 Å². The highest BCUT2D eigenvalue weighted by molar-refractivity contribution is 5.93. The summed E-state index contributed by atoms with van der Waals surface area (Å²) in [6.45, 7) is 9.45. The van der Waals surface area contributed by atoms with E-state index >= 15 is 0 Å². The molecule has 0 radical (unpaired) electrons. The molecule has 1 amide bonds. The van der Waals surface area contributed by atoms with Gasteiger partial charge in [-0.1, -0.05) is 0 Å². The number of pyridine rings is 1. The van der Waals surface area contributed by atoms with Crippen LogP contribution in [0.5, 0.6) is 0 Å². The summed E-state index contributed by atoms with van der Waals surface area (Å²) in [7, 11) is 0. The zero-order chi connectivity index (χ0) is 26.4. The maximum Gasteiger partial charge on any atom is 0.418 e. The number of halogens is 3. The normalized spacial score (nSPS) is 18.9. The molecule has 2 atom stereocenters. The Morgan fingerprint density at radius 2 is 1.86 bits per heavy atom. The third kappa shape index (κ3) is 4.78. The Kier molecular flexibility index (Phi) is 6.28. The van der Waals surface area contributed by atoms with Gasteiger partial charge in [-0.2, -0.15) is 18.4 Å². The zero-order valence-corrected chi connectivity index (χ0v) is 20.5. The molecule has 0 unspecified atom stereocenters. The quantitative estimate of drug-likeness (QED) is 0.508. The number of aromatic nitrogens is 4. The van der Waals surface area contributed by atoms with Crippen LogP contribution < -0.4 is 4.90 Å². The van der Waals surface area contributed by atoms with Gasteiger partial charge in [0.1, 0.15) is 23.6 Å². The maximum atomic E-state index is 14.2. The summed E-state index contributed by atoms with van der Waals surface area (Å²) in [5, 5.41) is 9.04. The molecule has 0 bridgehead atoms. The van der Waals surface area contributed by atoms with Crippen molar-refractivity contribution in [2.75, 3.05) is 18.0 Å². The fraction of sp³-hybridized carbons (Fsp3) is 0.458. The largest absolute Gasteiger partial charge is 0.444 e. The zero-order valence-electron chi connectivity index (χ0n) is 20.5. The number of hydrogen-bond donors (Lipinski definition) is 0. The summed E-state index contributed by atoms with van der Waals surface area (Å²) in [6, 6.07) is 4.13. The van der Waals surface area contributed by atoms with E-state index in [9.17, 15) is 23.2 Å². The summed E-state index contributed by atoms with van der Waals surface area (Å²) in [5.41, 5.74) is -1.31. The van der Waals surface area contributed by atoms with E-state index in [2.05, 4.69) is 15.0 Å². The van der Waals surface area contributed by atoms with Crippen LogP contribution in [0.25, 0.3) is 16.9 Å². The van der Waals surface area contributed by atoms with Gasteiger partial charge in [-0.25, -0.2) is 19.7 Å². The van der Waals surface area contributed by atoms with E-state index in [1.54, 1.807) is 30.6 Å². The second-order valence-corrected chi connectivity index (χ2v) is 9.80. The van der Waals surface area contributed by atoms with Crippen molar-refractivity contribution in [3.05, 3.63) is 42.0 Å². The molecule has 1 fully saturated rings. The number of anilines is 1. The van der Waals surface area contributed by atoms with Gasteiger partial charge in [0.2, 0.25) is 0 Å². The number of nitriles is 1. The third-order valence-corrected chi connectivity index (χ3v) is 5.88. The Morgan fingerprint density at radius 3 is 2.50 bits per heavy atom. The summed E-state index contributed by atoms with van der Waals surface area (Å²) >= 11 is 0. The van der Waals surface area contributed by atoms with Gasteiger partial charge >= 0.3 is 12.3 Å². The fourth-order valence-electron chi connectivity index (χ4n) is 4.27. The molecule has 4 rings (SSSR count). The molecule has 0 N–H and O–H groups in total. The molecule has 0 spiro atoms. The van der Waals surface area contributed by atoms with Gasteiger partial charge in [-0.05, 0) is 46.8 Å². The van der Waals surface area contributed by atoms with Crippen LogP contribution in [0.15, 0.2) is 30.9 Å². The lowest BCUT2D eigenvalue weighted by atomic mass is 10.1. The summed E-state index contributed by atoms with van der Waals surface area (Å²) in [4.78, 5) is 28.6. The van der Waals surface area contributed by atoms with E-state index in [0.717, 1.165) is 6.20 Å². The number of rotatable bonds is 2. The monoisotopic (exact) mass is 501 g/mol. The Bertz CT molecular complexity index is 1340. The summed E-state index contributed by atoms with van der Waals surface area (Å²) < 4.78 is 49.3. The van der Waals surface area contributed by atoms with E-state index in [4.69, 9.17) is 4.74 Å². The average Bonchev–Trinajstić information content (AvgIpc) is 3.20. The van der Waals surface area contributed by atoms with Crippen molar-refractivity contribution >= 4 is 22.9 Å². The number of piperazine rings is 1. The molecule has 1 saturated heterocycles. The number of carbonyl (C=O) groups excluding carboxylic acids is 1. The fourth-order valence-corrected chi connectivity index (χ4v) is 4.27. The predicted molar refractivity (Wildman–Crippen MR) is 126 cm³/mol. The lowest BCUT2D eigenvalue weighted by Gasteiger charge is -2.44. The van der Waals surface area contributed by atoms with E-state index < -0.39 is 23.4 Å². The highest BCUT2D eigenvalue weighted by Crippen LogP contribution is 2.41. The third-order valence-electron chi connectivity index (χ3n) is 5.88. The first-order valence-electron chi connectivity index (χ1n) is 11.4. The van der Waals surface area contributed by atoms with Crippen LogP contribution in [0.1, 0.15) is 45.7 Å². The van der Waals surface area contributed by atoms with Crippen LogP contribution in [0.3, 0.4) is 0 Å². The molecular weight excluding hydrogens is 475 g/mol.